The molecule has 0 bridgehead atoms. The van der Waals surface area contributed by atoms with Crippen LogP contribution in [0.4, 0.5) is 4.39 Å². The third kappa shape index (κ3) is 7.49. The van der Waals surface area contributed by atoms with Gasteiger partial charge in [0.05, 0.1) is 11.4 Å². The molecular formula is C22H35FN6. The number of guanidine groups is 1. The summed E-state index contributed by atoms with van der Waals surface area (Å²) in [6.45, 7) is 11.7. The Balaban J connectivity index is 1.71. The largest absolute Gasteiger partial charge is 0.356 e. The number of halogens is 1. The third-order valence-electron chi connectivity index (χ3n) is 4.84. The monoisotopic (exact) mass is 402 g/mol. The van der Waals surface area contributed by atoms with Gasteiger partial charge in [-0.15, -0.1) is 0 Å². The highest BCUT2D eigenvalue weighted by atomic mass is 19.1. The fourth-order valence-corrected chi connectivity index (χ4v) is 3.34. The predicted octanol–water partition coefficient (Wildman–Crippen LogP) is 3.23. The minimum atomic E-state index is -0.245. The fraction of sp³-hybridized carbons (Fsp3) is 0.545. The van der Waals surface area contributed by atoms with Gasteiger partial charge in [0.25, 0.3) is 0 Å². The number of hydrogen-bond donors (Lipinski definition) is 2. The number of nitrogens with zero attached hydrogens (tertiary/aromatic N) is 4. The van der Waals surface area contributed by atoms with Crippen LogP contribution >= 0.6 is 0 Å². The number of benzene rings is 1. The van der Waals surface area contributed by atoms with Gasteiger partial charge < -0.3 is 10.6 Å². The molecule has 160 valence electrons. The first kappa shape index (κ1) is 22.9. The van der Waals surface area contributed by atoms with Gasteiger partial charge in [-0.2, -0.15) is 5.10 Å². The number of aromatic nitrogens is 2. The Morgan fingerprint density at radius 2 is 1.72 bits per heavy atom. The van der Waals surface area contributed by atoms with Crippen LogP contribution < -0.4 is 10.6 Å². The van der Waals surface area contributed by atoms with E-state index in [4.69, 9.17) is 0 Å². The van der Waals surface area contributed by atoms with Gasteiger partial charge in [-0.3, -0.25) is 9.89 Å². The molecule has 2 N–H and O–H groups in total. The smallest absolute Gasteiger partial charge is 0.190 e. The third-order valence-corrected chi connectivity index (χ3v) is 4.84. The second-order valence-corrected chi connectivity index (χ2v) is 7.68. The molecule has 2 aromatic rings. The Bertz CT molecular complexity index is 743. The van der Waals surface area contributed by atoms with E-state index in [1.807, 2.05) is 12.3 Å². The van der Waals surface area contributed by atoms with E-state index in [1.54, 1.807) is 23.9 Å². The molecule has 0 unspecified atom stereocenters. The summed E-state index contributed by atoms with van der Waals surface area (Å²) in [5.74, 6) is 0.564. The average molecular weight is 403 g/mol. The highest BCUT2D eigenvalue weighted by Gasteiger charge is 2.12. The molecule has 7 heteroatoms. The van der Waals surface area contributed by atoms with Crippen LogP contribution in [-0.2, 0) is 6.42 Å². The van der Waals surface area contributed by atoms with Crippen LogP contribution in [0.2, 0.25) is 0 Å². The lowest BCUT2D eigenvalue weighted by Crippen LogP contribution is -2.41. The molecule has 0 saturated carbocycles. The van der Waals surface area contributed by atoms with E-state index in [2.05, 4.69) is 53.3 Å². The van der Waals surface area contributed by atoms with Crippen molar-refractivity contribution in [2.24, 2.45) is 4.99 Å². The lowest BCUT2D eigenvalue weighted by atomic mass is 10.2. The predicted molar refractivity (Wildman–Crippen MR) is 118 cm³/mol. The van der Waals surface area contributed by atoms with Crippen LogP contribution in [0.25, 0.3) is 5.69 Å². The lowest BCUT2D eigenvalue weighted by Gasteiger charge is -2.30. The number of hydrogen-bond acceptors (Lipinski definition) is 3. The summed E-state index contributed by atoms with van der Waals surface area (Å²) in [4.78, 5) is 6.78. The minimum absolute atomic E-state index is 0.245. The second-order valence-electron chi connectivity index (χ2n) is 7.68. The van der Waals surface area contributed by atoms with Crippen molar-refractivity contribution in [1.82, 2.24) is 25.3 Å². The van der Waals surface area contributed by atoms with E-state index < -0.39 is 0 Å². The van der Waals surface area contributed by atoms with E-state index in [9.17, 15) is 4.39 Å². The van der Waals surface area contributed by atoms with E-state index in [-0.39, 0.29) is 5.82 Å². The van der Waals surface area contributed by atoms with Gasteiger partial charge in [-0.25, -0.2) is 9.07 Å². The average Bonchev–Trinajstić information content (AvgIpc) is 3.15. The van der Waals surface area contributed by atoms with Crippen LogP contribution in [0.3, 0.4) is 0 Å². The van der Waals surface area contributed by atoms with Gasteiger partial charge in [0, 0.05) is 51.4 Å². The quantitative estimate of drug-likeness (QED) is 0.364. The molecule has 0 aliphatic rings. The van der Waals surface area contributed by atoms with Gasteiger partial charge in [0.2, 0.25) is 0 Å². The van der Waals surface area contributed by atoms with Gasteiger partial charge in [-0.05, 0) is 64.4 Å². The summed E-state index contributed by atoms with van der Waals surface area (Å²) >= 11 is 0. The summed E-state index contributed by atoms with van der Waals surface area (Å²) in [6.07, 6.45) is 3.74. The fourth-order valence-electron chi connectivity index (χ4n) is 3.34. The SMILES string of the molecule is CN=C(NCCCN(C(C)C)C(C)C)NCCc1ccn(-c2ccc(F)cc2)n1. The molecule has 0 saturated heterocycles. The van der Waals surface area contributed by atoms with Crippen molar-refractivity contribution < 1.29 is 4.39 Å². The van der Waals surface area contributed by atoms with E-state index >= 15 is 0 Å². The molecule has 0 aliphatic carbocycles. The molecule has 0 radical (unpaired) electrons. The van der Waals surface area contributed by atoms with Crippen LogP contribution in [0.5, 0.6) is 0 Å². The zero-order valence-corrected chi connectivity index (χ0v) is 18.3. The Morgan fingerprint density at radius 3 is 2.34 bits per heavy atom. The molecule has 6 nitrogen and oxygen atoms in total. The van der Waals surface area contributed by atoms with Crippen molar-refractivity contribution in [1.29, 1.82) is 0 Å². The molecule has 1 aromatic heterocycles. The zero-order valence-electron chi connectivity index (χ0n) is 18.3. The zero-order chi connectivity index (χ0) is 21.2. The van der Waals surface area contributed by atoms with E-state index in [1.165, 1.54) is 12.1 Å². The van der Waals surface area contributed by atoms with Gasteiger partial charge in [0.15, 0.2) is 5.96 Å². The number of nitrogens with one attached hydrogen (secondary N) is 2. The summed E-state index contributed by atoms with van der Waals surface area (Å²) in [5.41, 5.74) is 1.82. The molecular weight excluding hydrogens is 367 g/mol. The summed E-state index contributed by atoms with van der Waals surface area (Å²) in [6, 6.07) is 9.41. The van der Waals surface area contributed by atoms with Crippen molar-refractivity contribution >= 4 is 5.96 Å². The van der Waals surface area contributed by atoms with Crippen LogP contribution in [0.15, 0.2) is 41.5 Å². The maximum atomic E-state index is 13.0. The highest BCUT2D eigenvalue weighted by molar-refractivity contribution is 5.79. The molecule has 0 fully saturated rings. The van der Waals surface area contributed by atoms with Crippen LogP contribution in [-0.4, -0.2) is 59.4 Å². The Hall–Kier alpha value is -2.41. The van der Waals surface area contributed by atoms with Gasteiger partial charge in [-0.1, -0.05) is 0 Å². The molecule has 1 heterocycles. The molecule has 0 spiro atoms. The molecule has 29 heavy (non-hydrogen) atoms. The lowest BCUT2D eigenvalue weighted by molar-refractivity contribution is 0.173. The standard InChI is InChI=1S/C22H35FN6/c1-17(2)28(18(3)4)15-6-13-25-22(24-5)26-14-11-20-12-16-29(27-20)21-9-7-19(23)8-10-21/h7-10,12,16-18H,6,11,13-15H2,1-5H3,(H2,24,25,26). The normalized spacial score (nSPS) is 12.2. The Morgan fingerprint density at radius 1 is 1.07 bits per heavy atom. The van der Waals surface area contributed by atoms with Crippen molar-refractivity contribution in [2.45, 2.75) is 52.6 Å². The summed E-state index contributed by atoms with van der Waals surface area (Å²) in [5, 5.41) is 11.3. The molecule has 0 amide bonds. The summed E-state index contributed by atoms with van der Waals surface area (Å²) < 4.78 is 14.8. The first-order valence-corrected chi connectivity index (χ1v) is 10.4. The second kappa shape index (κ2) is 11.6. The van der Waals surface area contributed by atoms with Crippen molar-refractivity contribution in [3.05, 3.63) is 48.0 Å². The Labute approximate surface area is 174 Å². The van der Waals surface area contributed by atoms with Gasteiger partial charge >= 0.3 is 0 Å². The highest BCUT2D eigenvalue weighted by Crippen LogP contribution is 2.09. The van der Waals surface area contributed by atoms with Crippen LogP contribution in [0, 0.1) is 5.82 Å². The number of rotatable bonds is 10. The van der Waals surface area contributed by atoms with E-state index in [0.717, 1.165) is 49.8 Å². The molecule has 1 aromatic carbocycles. The first-order chi connectivity index (χ1) is 13.9. The molecule has 0 aliphatic heterocycles. The molecule has 2 rings (SSSR count). The molecule has 0 atom stereocenters. The Kier molecular flexibility index (Phi) is 9.12. The minimum Gasteiger partial charge on any atom is -0.356 e. The van der Waals surface area contributed by atoms with Crippen molar-refractivity contribution in [3.63, 3.8) is 0 Å². The van der Waals surface area contributed by atoms with E-state index in [0.29, 0.717) is 12.1 Å². The maximum Gasteiger partial charge on any atom is 0.190 e. The van der Waals surface area contributed by atoms with Crippen molar-refractivity contribution in [2.75, 3.05) is 26.7 Å². The number of aliphatic imine (C=N–C) groups is 1. The topological polar surface area (TPSA) is 57.5 Å². The first-order valence-electron chi connectivity index (χ1n) is 10.4. The van der Waals surface area contributed by atoms with Gasteiger partial charge in [0.1, 0.15) is 5.82 Å². The summed E-state index contributed by atoms with van der Waals surface area (Å²) in [7, 11) is 1.78. The maximum absolute atomic E-state index is 13.0. The van der Waals surface area contributed by atoms with Crippen molar-refractivity contribution in [3.8, 4) is 5.69 Å². The van der Waals surface area contributed by atoms with Crippen LogP contribution in [0.1, 0.15) is 39.8 Å².